The van der Waals surface area contributed by atoms with Crippen molar-refractivity contribution in [3.63, 3.8) is 0 Å². The van der Waals surface area contributed by atoms with E-state index in [9.17, 15) is 4.79 Å². The quantitative estimate of drug-likeness (QED) is 0.746. The van der Waals surface area contributed by atoms with E-state index in [0.29, 0.717) is 12.3 Å². The third kappa shape index (κ3) is 1.84. The molecular formula is C12H14N4O2. The zero-order valence-corrected chi connectivity index (χ0v) is 10.2. The first-order valence-electron chi connectivity index (χ1n) is 5.92. The van der Waals surface area contributed by atoms with Gasteiger partial charge < -0.3 is 9.64 Å². The number of amides is 1. The monoisotopic (exact) mass is 246 g/mol. The van der Waals surface area contributed by atoms with Gasteiger partial charge in [0.05, 0.1) is 12.1 Å². The van der Waals surface area contributed by atoms with Gasteiger partial charge in [0, 0.05) is 19.2 Å². The molecule has 3 rings (SSSR count). The smallest absolute Gasteiger partial charge is 0.255 e. The van der Waals surface area contributed by atoms with Crippen molar-refractivity contribution >= 4 is 16.9 Å². The molecule has 0 radical (unpaired) electrons. The molecule has 0 spiro atoms. The second kappa shape index (κ2) is 4.38. The third-order valence-electron chi connectivity index (χ3n) is 3.11. The Labute approximate surface area is 104 Å². The Morgan fingerprint density at radius 3 is 3.11 bits per heavy atom. The number of carbonyl (C=O) groups excluding carboxylic acids is 1. The van der Waals surface area contributed by atoms with Crippen molar-refractivity contribution in [2.75, 3.05) is 19.9 Å². The molecule has 0 N–H and O–H groups in total. The summed E-state index contributed by atoms with van der Waals surface area (Å²) in [7, 11) is 1.83. The highest BCUT2D eigenvalue weighted by Gasteiger charge is 2.19. The molecule has 1 aromatic heterocycles. The molecule has 2 heterocycles. The number of carbonyl (C=O) groups is 1. The summed E-state index contributed by atoms with van der Waals surface area (Å²) in [6.45, 7) is 1.85. The van der Waals surface area contributed by atoms with Gasteiger partial charge in [-0.2, -0.15) is 0 Å². The van der Waals surface area contributed by atoms with Crippen LogP contribution in [0.4, 0.5) is 0 Å². The normalized spacial score (nSPS) is 16.2. The Morgan fingerprint density at radius 2 is 2.33 bits per heavy atom. The minimum atomic E-state index is -0.0118. The number of aromatic nitrogens is 3. The number of benzene rings is 1. The lowest BCUT2D eigenvalue weighted by Crippen LogP contribution is -2.38. The van der Waals surface area contributed by atoms with Crippen LogP contribution < -0.4 is 0 Å². The van der Waals surface area contributed by atoms with Crippen molar-refractivity contribution < 1.29 is 9.53 Å². The fraction of sp³-hybridized carbons (Fsp3) is 0.417. The maximum atomic E-state index is 12.2. The topological polar surface area (TPSA) is 60.2 Å². The van der Waals surface area contributed by atoms with Gasteiger partial charge in [-0.15, -0.1) is 5.10 Å². The van der Waals surface area contributed by atoms with Gasteiger partial charge in [0.2, 0.25) is 0 Å². The molecule has 1 aromatic carbocycles. The summed E-state index contributed by atoms with van der Waals surface area (Å²) in [5.74, 6) is -0.0118. The molecule has 0 aliphatic carbocycles. The Hall–Kier alpha value is -1.95. The van der Waals surface area contributed by atoms with Crippen molar-refractivity contribution in [3.05, 3.63) is 23.8 Å². The van der Waals surface area contributed by atoms with Crippen LogP contribution in [0.2, 0.25) is 0 Å². The highest BCUT2D eigenvalue weighted by atomic mass is 16.5. The Morgan fingerprint density at radius 1 is 1.44 bits per heavy atom. The summed E-state index contributed by atoms with van der Waals surface area (Å²) >= 11 is 0. The van der Waals surface area contributed by atoms with E-state index in [-0.39, 0.29) is 5.91 Å². The van der Waals surface area contributed by atoms with E-state index in [1.165, 1.54) is 0 Å². The third-order valence-corrected chi connectivity index (χ3v) is 3.11. The van der Waals surface area contributed by atoms with Crippen molar-refractivity contribution in [3.8, 4) is 0 Å². The van der Waals surface area contributed by atoms with Crippen LogP contribution in [-0.2, 0) is 11.8 Å². The van der Waals surface area contributed by atoms with E-state index in [1.807, 2.05) is 19.2 Å². The number of nitrogens with zero attached hydrogens (tertiary/aromatic N) is 4. The minimum absolute atomic E-state index is 0.0118. The predicted molar refractivity (Wildman–Crippen MR) is 65.0 cm³/mol. The van der Waals surface area contributed by atoms with Crippen LogP contribution in [0, 0.1) is 0 Å². The van der Waals surface area contributed by atoms with Crippen molar-refractivity contribution in [1.82, 2.24) is 19.9 Å². The minimum Gasteiger partial charge on any atom is -0.361 e. The largest absolute Gasteiger partial charge is 0.361 e. The average Bonchev–Trinajstić information content (AvgIpc) is 2.80. The standard InChI is InChI=1S/C12H14N4O2/c1-15-11-4-3-9(7-10(11)13-14-15)12(17)16-5-2-6-18-8-16/h3-4,7H,2,5-6,8H2,1H3. The van der Waals surface area contributed by atoms with Gasteiger partial charge in [0.25, 0.3) is 5.91 Å². The number of rotatable bonds is 1. The Bertz CT molecular complexity index is 587. The van der Waals surface area contributed by atoms with E-state index >= 15 is 0 Å². The summed E-state index contributed by atoms with van der Waals surface area (Å²) in [6, 6.07) is 5.45. The fourth-order valence-corrected chi connectivity index (χ4v) is 2.11. The van der Waals surface area contributed by atoms with E-state index < -0.39 is 0 Å². The molecule has 2 aromatic rings. The summed E-state index contributed by atoms with van der Waals surface area (Å²) < 4.78 is 6.98. The van der Waals surface area contributed by atoms with Crippen LogP contribution in [0.3, 0.4) is 0 Å². The highest BCUT2D eigenvalue weighted by molar-refractivity contribution is 5.97. The number of hydrogen-bond acceptors (Lipinski definition) is 4. The fourth-order valence-electron chi connectivity index (χ4n) is 2.11. The first-order chi connectivity index (χ1) is 8.75. The van der Waals surface area contributed by atoms with Crippen molar-refractivity contribution in [2.45, 2.75) is 6.42 Å². The zero-order chi connectivity index (χ0) is 12.5. The van der Waals surface area contributed by atoms with Gasteiger partial charge in [-0.25, -0.2) is 4.68 Å². The molecule has 1 aliphatic rings. The zero-order valence-electron chi connectivity index (χ0n) is 10.2. The molecule has 0 saturated carbocycles. The van der Waals surface area contributed by atoms with Crippen LogP contribution in [0.25, 0.3) is 11.0 Å². The second-order valence-corrected chi connectivity index (χ2v) is 4.38. The summed E-state index contributed by atoms with van der Waals surface area (Å²) in [5, 5.41) is 7.94. The number of ether oxygens (including phenoxy) is 1. The van der Waals surface area contributed by atoms with Gasteiger partial charge >= 0.3 is 0 Å². The first-order valence-corrected chi connectivity index (χ1v) is 5.92. The predicted octanol–water partition coefficient (Wildman–Crippen LogP) is 0.788. The van der Waals surface area contributed by atoms with Gasteiger partial charge in [0.1, 0.15) is 12.2 Å². The lowest BCUT2D eigenvalue weighted by Gasteiger charge is -2.26. The molecule has 6 nitrogen and oxygen atoms in total. The van der Waals surface area contributed by atoms with Crippen LogP contribution in [0.15, 0.2) is 18.2 Å². The van der Waals surface area contributed by atoms with E-state index in [2.05, 4.69) is 10.3 Å². The molecule has 0 bridgehead atoms. The molecule has 18 heavy (non-hydrogen) atoms. The summed E-state index contributed by atoms with van der Waals surface area (Å²) in [4.78, 5) is 14.0. The molecule has 0 atom stereocenters. The second-order valence-electron chi connectivity index (χ2n) is 4.38. The molecule has 1 fully saturated rings. The summed E-state index contributed by atoms with van der Waals surface area (Å²) in [6.07, 6.45) is 0.888. The Balaban J connectivity index is 1.91. The van der Waals surface area contributed by atoms with Gasteiger partial charge in [-0.3, -0.25) is 4.79 Å². The average molecular weight is 246 g/mol. The maximum Gasteiger partial charge on any atom is 0.255 e. The van der Waals surface area contributed by atoms with E-state index in [1.54, 1.807) is 15.6 Å². The van der Waals surface area contributed by atoms with E-state index in [4.69, 9.17) is 4.74 Å². The van der Waals surface area contributed by atoms with Crippen LogP contribution in [0.5, 0.6) is 0 Å². The molecule has 94 valence electrons. The van der Waals surface area contributed by atoms with Crippen LogP contribution in [-0.4, -0.2) is 45.7 Å². The van der Waals surface area contributed by atoms with Gasteiger partial charge in [-0.05, 0) is 24.6 Å². The SMILES string of the molecule is Cn1nnc2cc(C(=O)N3CCCOC3)ccc21. The number of aryl methyl sites for hydroxylation is 1. The van der Waals surface area contributed by atoms with Crippen LogP contribution in [0.1, 0.15) is 16.8 Å². The van der Waals surface area contributed by atoms with Gasteiger partial charge in [0.15, 0.2) is 0 Å². The molecular weight excluding hydrogens is 232 g/mol. The van der Waals surface area contributed by atoms with Crippen LogP contribution >= 0.6 is 0 Å². The van der Waals surface area contributed by atoms with E-state index in [0.717, 1.165) is 30.6 Å². The molecule has 0 unspecified atom stereocenters. The Kier molecular flexibility index (Phi) is 2.71. The highest BCUT2D eigenvalue weighted by Crippen LogP contribution is 2.15. The molecule has 1 amide bonds. The lowest BCUT2D eigenvalue weighted by molar-refractivity contribution is -0.00570. The van der Waals surface area contributed by atoms with Crippen molar-refractivity contribution in [2.24, 2.45) is 7.05 Å². The molecule has 1 aliphatic heterocycles. The molecule has 6 heteroatoms. The van der Waals surface area contributed by atoms with Crippen molar-refractivity contribution in [1.29, 1.82) is 0 Å². The maximum absolute atomic E-state index is 12.2. The number of fused-ring (bicyclic) bond motifs is 1. The lowest BCUT2D eigenvalue weighted by atomic mass is 10.1. The summed E-state index contributed by atoms with van der Waals surface area (Å²) in [5.41, 5.74) is 2.29. The van der Waals surface area contributed by atoms with Gasteiger partial charge in [-0.1, -0.05) is 5.21 Å². The first kappa shape index (κ1) is 11.2. The number of hydrogen-bond donors (Lipinski definition) is 0. The molecule has 1 saturated heterocycles.